The number of rotatable bonds is 9. The molecule has 1 amide bonds. The summed E-state index contributed by atoms with van der Waals surface area (Å²) in [6, 6.07) is 7.26. The van der Waals surface area contributed by atoms with Gasteiger partial charge >= 0.3 is 0 Å². The van der Waals surface area contributed by atoms with Gasteiger partial charge < -0.3 is 5.32 Å². The smallest absolute Gasteiger partial charge is 0.243 e. The SMILES string of the molecule is CCN(CC)S(=O)(=O)c1ccc(CCC(=O)NC(C)C23CC4CC(CC(C4)C2)C3)cc1. The average molecular weight is 447 g/mol. The van der Waals surface area contributed by atoms with Crippen LogP contribution in [0.1, 0.15) is 71.3 Å². The second-order valence-corrected chi connectivity index (χ2v) is 12.2. The number of amides is 1. The minimum absolute atomic E-state index is 0.114. The normalized spacial score (nSPS) is 30.5. The van der Waals surface area contributed by atoms with Crippen molar-refractivity contribution in [2.24, 2.45) is 23.2 Å². The molecule has 4 aliphatic rings. The Kier molecular flexibility index (Phi) is 6.51. The van der Waals surface area contributed by atoms with Gasteiger partial charge in [0.25, 0.3) is 0 Å². The van der Waals surface area contributed by atoms with Gasteiger partial charge in [-0.3, -0.25) is 4.79 Å². The number of hydrogen-bond donors (Lipinski definition) is 1. The maximum atomic E-state index is 12.7. The highest BCUT2D eigenvalue weighted by molar-refractivity contribution is 7.89. The van der Waals surface area contributed by atoms with Crippen molar-refractivity contribution in [1.82, 2.24) is 9.62 Å². The van der Waals surface area contributed by atoms with Crippen molar-refractivity contribution >= 4 is 15.9 Å². The Labute approximate surface area is 188 Å². The third-order valence-electron chi connectivity index (χ3n) is 8.29. The molecule has 4 fully saturated rings. The molecule has 1 atom stereocenters. The van der Waals surface area contributed by atoms with Gasteiger partial charge in [-0.1, -0.05) is 26.0 Å². The van der Waals surface area contributed by atoms with Crippen LogP contribution in [0.15, 0.2) is 29.2 Å². The Hall–Kier alpha value is -1.40. The van der Waals surface area contributed by atoms with Crippen LogP contribution < -0.4 is 5.32 Å². The Bertz CT molecular complexity index is 855. The Morgan fingerprint density at radius 1 is 1.03 bits per heavy atom. The van der Waals surface area contributed by atoms with Crippen molar-refractivity contribution in [2.75, 3.05) is 13.1 Å². The summed E-state index contributed by atoms with van der Waals surface area (Å²) in [5, 5.41) is 3.33. The number of aryl methyl sites for hydroxylation is 1. The molecule has 0 radical (unpaired) electrons. The Morgan fingerprint density at radius 2 is 1.55 bits per heavy atom. The predicted molar refractivity (Wildman–Crippen MR) is 123 cm³/mol. The van der Waals surface area contributed by atoms with E-state index in [-0.39, 0.29) is 11.9 Å². The Morgan fingerprint density at radius 3 is 2.03 bits per heavy atom. The summed E-state index contributed by atoms with van der Waals surface area (Å²) in [6.07, 6.45) is 9.21. The van der Waals surface area contributed by atoms with Gasteiger partial charge in [0.1, 0.15) is 0 Å². The van der Waals surface area contributed by atoms with Crippen LogP contribution in [-0.2, 0) is 21.2 Å². The highest BCUT2D eigenvalue weighted by Crippen LogP contribution is 2.61. The molecule has 4 bridgehead atoms. The fourth-order valence-corrected chi connectivity index (χ4v) is 8.43. The van der Waals surface area contributed by atoms with E-state index < -0.39 is 10.0 Å². The summed E-state index contributed by atoms with van der Waals surface area (Å²) in [7, 11) is -3.43. The zero-order valence-electron chi connectivity index (χ0n) is 19.3. The van der Waals surface area contributed by atoms with Crippen molar-refractivity contribution in [1.29, 1.82) is 0 Å². The van der Waals surface area contributed by atoms with Gasteiger partial charge in [0.05, 0.1) is 4.90 Å². The molecule has 0 aromatic heterocycles. The van der Waals surface area contributed by atoms with Crippen LogP contribution in [-0.4, -0.2) is 37.8 Å². The minimum atomic E-state index is -3.43. The molecule has 0 aliphatic heterocycles. The molecule has 1 unspecified atom stereocenters. The standard InChI is InChI=1S/C25H38N2O3S/c1-4-27(5-2)31(29,30)23-9-6-19(7-10-23)8-11-24(28)26-18(3)25-15-20-12-21(16-25)14-22(13-20)17-25/h6-7,9-10,18,20-22H,4-5,8,11-17H2,1-3H3,(H,26,28). The van der Waals surface area contributed by atoms with E-state index in [9.17, 15) is 13.2 Å². The van der Waals surface area contributed by atoms with Gasteiger partial charge in [-0.05, 0) is 92.7 Å². The van der Waals surface area contributed by atoms with E-state index in [4.69, 9.17) is 0 Å². The van der Waals surface area contributed by atoms with Gasteiger partial charge in [-0.25, -0.2) is 8.42 Å². The molecular formula is C25H38N2O3S. The van der Waals surface area contributed by atoms with Crippen LogP contribution in [0.2, 0.25) is 0 Å². The quantitative estimate of drug-likeness (QED) is 0.612. The number of carbonyl (C=O) groups excluding carboxylic acids is 1. The lowest BCUT2D eigenvalue weighted by molar-refractivity contribution is -0.125. The number of nitrogens with zero attached hydrogens (tertiary/aromatic N) is 1. The first-order chi connectivity index (χ1) is 14.8. The zero-order valence-corrected chi connectivity index (χ0v) is 20.1. The molecule has 0 spiro atoms. The molecule has 1 N–H and O–H groups in total. The fraction of sp³-hybridized carbons (Fsp3) is 0.720. The second kappa shape index (κ2) is 8.86. The lowest BCUT2D eigenvalue weighted by Gasteiger charge is -2.59. The maximum Gasteiger partial charge on any atom is 0.243 e. The van der Waals surface area contributed by atoms with Gasteiger partial charge in [0, 0.05) is 25.6 Å². The van der Waals surface area contributed by atoms with E-state index in [1.807, 2.05) is 26.0 Å². The van der Waals surface area contributed by atoms with Crippen LogP contribution in [0, 0.1) is 23.2 Å². The summed E-state index contributed by atoms with van der Waals surface area (Å²) in [5.74, 6) is 2.77. The highest BCUT2D eigenvalue weighted by atomic mass is 32.2. The van der Waals surface area contributed by atoms with E-state index in [2.05, 4.69) is 12.2 Å². The molecule has 172 valence electrons. The average Bonchev–Trinajstić information content (AvgIpc) is 2.72. The maximum absolute atomic E-state index is 12.7. The Balaban J connectivity index is 1.31. The van der Waals surface area contributed by atoms with E-state index in [0.29, 0.717) is 36.2 Å². The van der Waals surface area contributed by atoms with E-state index in [0.717, 1.165) is 23.3 Å². The zero-order chi connectivity index (χ0) is 22.2. The predicted octanol–water partition coefficient (Wildman–Crippen LogP) is 4.37. The van der Waals surface area contributed by atoms with Gasteiger partial charge in [0.15, 0.2) is 0 Å². The summed E-state index contributed by atoms with van der Waals surface area (Å²) >= 11 is 0. The van der Waals surface area contributed by atoms with E-state index in [1.54, 1.807) is 12.1 Å². The monoisotopic (exact) mass is 446 g/mol. The van der Waals surface area contributed by atoms with Crippen LogP contribution in [0.25, 0.3) is 0 Å². The molecule has 31 heavy (non-hydrogen) atoms. The van der Waals surface area contributed by atoms with Crippen molar-refractivity contribution in [2.45, 2.75) is 83.1 Å². The summed E-state index contributed by atoms with van der Waals surface area (Å²) in [5.41, 5.74) is 1.32. The van der Waals surface area contributed by atoms with Crippen molar-refractivity contribution in [3.8, 4) is 0 Å². The third-order valence-corrected chi connectivity index (χ3v) is 10.4. The largest absolute Gasteiger partial charge is 0.353 e. The molecule has 1 aromatic rings. The molecular weight excluding hydrogens is 408 g/mol. The number of nitrogens with one attached hydrogen (secondary N) is 1. The van der Waals surface area contributed by atoms with Crippen LogP contribution in [0.5, 0.6) is 0 Å². The highest BCUT2D eigenvalue weighted by Gasteiger charge is 2.53. The molecule has 5 rings (SSSR count). The number of carbonyl (C=O) groups is 1. The van der Waals surface area contributed by atoms with E-state index in [1.165, 1.54) is 42.8 Å². The van der Waals surface area contributed by atoms with Crippen LogP contribution in [0.3, 0.4) is 0 Å². The minimum Gasteiger partial charge on any atom is -0.353 e. The van der Waals surface area contributed by atoms with Gasteiger partial charge in [-0.15, -0.1) is 0 Å². The summed E-state index contributed by atoms with van der Waals surface area (Å²) < 4.78 is 26.7. The van der Waals surface area contributed by atoms with Crippen LogP contribution >= 0.6 is 0 Å². The van der Waals surface area contributed by atoms with Crippen LogP contribution in [0.4, 0.5) is 0 Å². The molecule has 4 saturated carbocycles. The lowest BCUT2D eigenvalue weighted by Crippen LogP contribution is -2.55. The summed E-state index contributed by atoms with van der Waals surface area (Å²) in [4.78, 5) is 13.0. The van der Waals surface area contributed by atoms with Crippen molar-refractivity contribution < 1.29 is 13.2 Å². The number of sulfonamides is 1. The van der Waals surface area contributed by atoms with Crippen molar-refractivity contribution in [3.05, 3.63) is 29.8 Å². The third kappa shape index (κ3) is 4.56. The number of hydrogen-bond acceptors (Lipinski definition) is 3. The second-order valence-electron chi connectivity index (χ2n) is 10.3. The molecule has 0 heterocycles. The topological polar surface area (TPSA) is 66.5 Å². The fourth-order valence-electron chi connectivity index (χ4n) is 6.97. The summed E-state index contributed by atoms with van der Waals surface area (Å²) in [6.45, 7) is 6.83. The molecule has 5 nitrogen and oxygen atoms in total. The first kappa shape index (κ1) is 22.8. The number of benzene rings is 1. The first-order valence-corrected chi connectivity index (χ1v) is 13.6. The first-order valence-electron chi connectivity index (χ1n) is 12.1. The lowest BCUT2D eigenvalue weighted by atomic mass is 9.48. The molecule has 6 heteroatoms. The molecule has 4 aliphatic carbocycles. The van der Waals surface area contributed by atoms with Crippen molar-refractivity contribution in [3.63, 3.8) is 0 Å². The molecule has 1 aromatic carbocycles. The van der Waals surface area contributed by atoms with Gasteiger partial charge in [-0.2, -0.15) is 4.31 Å². The van der Waals surface area contributed by atoms with E-state index >= 15 is 0 Å². The molecule has 0 saturated heterocycles. The van der Waals surface area contributed by atoms with Gasteiger partial charge in [0.2, 0.25) is 15.9 Å².